The van der Waals surface area contributed by atoms with E-state index >= 15 is 0 Å². The first-order chi connectivity index (χ1) is 13.4. The smallest absolute Gasteiger partial charge is 0.261 e. The molecule has 0 aliphatic carbocycles. The Morgan fingerprint density at radius 1 is 1.07 bits per heavy atom. The number of piperidine rings is 1. The molecule has 2 heterocycles. The lowest BCUT2D eigenvalue weighted by Crippen LogP contribution is -2.47. The first kappa shape index (κ1) is 20.0. The molecular weight excluding hydrogens is 358 g/mol. The second kappa shape index (κ2) is 8.54. The second-order valence-electron chi connectivity index (χ2n) is 7.73. The minimum absolute atomic E-state index is 0.00622. The van der Waals surface area contributed by atoms with Crippen LogP contribution in [0.25, 0.3) is 0 Å². The van der Waals surface area contributed by atoms with E-state index in [1.54, 1.807) is 24.3 Å². The lowest BCUT2D eigenvalue weighted by atomic mass is 10.0. The third kappa shape index (κ3) is 4.24. The molecule has 0 saturated carbocycles. The van der Waals surface area contributed by atoms with Crippen LogP contribution in [-0.4, -0.2) is 59.1 Å². The molecule has 0 radical (unpaired) electrons. The van der Waals surface area contributed by atoms with Crippen LogP contribution in [0.3, 0.4) is 0 Å². The Balaban J connectivity index is 1.40. The van der Waals surface area contributed by atoms with Crippen LogP contribution in [0.4, 0.5) is 0 Å². The van der Waals surface area contributed by atoms with Gasteiger partial charge in [0, 0.05) is 38.0 Å². The maximum Gasteiger partial charge on any atom is 0.261 e. The second-order valence-corrected chi connectivity index (χ2v) is 7.73. The van der Waals surface area contributed by atoms with E-state index in [-0.39, 0.29) is 48.6 Å². The van der Waals surface area contributed by atoms with Crippen LogP contribution in [0.5, 0.6) is 0 Å². The minimum atomic E-state index is -0.289. The fourth-order valence-electron chi connectivity index (χ4n) is 3.75. The van der Waals surface area contributed by atoms with Crippen molar-refractivity contribution in [3.63, 3.8) is 0 Å². The zero-order chi connectivity index (χ0) is 20.3. The third-order valence-corrected chi connectivity index (χ3v) is 5.33. The molecule has 1 aromatic carbocycles. The van der Waals surface area contributed by atoms with Crippen LogP contribution in [0, 0.1) is 5.92 Å². The Kier molecular flexibility index (Phi) is 6.11. The molecule has 0 aromatic heterocycles. The highest BCUT2D eigenvalue weighted by atomic mass is 16.2. The summed E-state index contributed by atoms with van der Waals surface area (Å²) in [5.41, 5.74) is 0.860. The average Bonchev–Trinajstić information content (AvgIpc) is 2.93. The fourth-order valence-corrected chi connectivity index (χ4v) is 3.75. The number of benzene rings is 1. The predicted octanol–water partition coefficient (Wildman–Crippen LogP) is 1.83. The molecule has 2 aliphatic rings. The number of carbonyl (C=O) groups is 4. The molecule has 0 bridgehead atoms. The number of hydrogen-bond acceptors (Lipinski definition) is 4. The Bertz CT molecular complexity index is 747. The Morgan fingerprint density at radius 2 is 1.64 bits per heavy atom. The first-order valence-electron chi connectivity index (χ1n) is 9.92. The van der Waals surface area contributed by atoms with E-state index in [1.807, 2.05) is 18.7 Å². The van der Waals surface area contributed by atoms with Gasteiger partial charge in [0.1, 0.15) is 0 Å². The Morgan fingerprint density at radius 3 is 2.18 bits per heavy atom. The molecule has 0 atom stereocenters. The average molecular weight is 385 g/mol. The van der Waals surface area contributed by atoms with E-state index < -0.39 is 0 Å². The molecule has 0 spiro atoms. The number of likely N-dealkylation sites (tertiary alicyclic amines) is 1. The highest BCUT2D eigenvalue weighted by Crippen LogP contribution is 2.22. The number of hydrogen-bond donors (Lipinski definition) is 1. The number of nitrogens with zero attached hydrogens (tertiary/aromatic N) is 2. The summed E-state index contributed by atoms with van der Waals surface area (Å²) in [6, 6.07) is 6.85. The molecule has 1 N–H and O–H groups in total. The zero-order valence-electron chi connectivity index (χ0n) is 16.4. The molecule has 2 aliphatic heterocycles. The van der Waals surface area contributed by atoms with Crippen LogP contribution in [0.15, 0.2) is 24.3 Å². The molecule has 150 valence electrons. The normalized spacial score (nSPS) is 17.2. The SMILES string of the molecule is CC(C)C(=O)N1CCC(NC(=O)CCCN2C(=O)c3ccccc3C2=O)CC1. The Labute approximate surface area is 165 Å². The summed E-state index contributed by atoms with van der Waals surface area (Å²) in [7, 11) is 0. The van der Waals surface area contributed by atoms with Gasteiger partial charge >= 0.3 is 0 Å². The highest BCUT2D eigenvalue weighted by molar-refractivity contribution is 6.21. The van der Waals surface area contributed by atoms with E-state index in [4.69, 9.17) is 0 Å². The van der Waals surface area contributed by atoms with Gasteiger partial charge in [0.25, 0.3) is 11.8 Å². The van der Waals surface area contributed by atoms with Crippen LogP contribution in [0.2, 0.25) is 0 Å². The first-order valence-corrected chi connectivity index (χ1v) is 9.92. The van der Waals surface area contributed by atoms with E-state index in [2.05, 4.69) is 5.32 Å². The van der Waals surface area contributed by atoms with Crippen LogP contribution in [-0.2, 0) is 9.59 Å². The number of amides is 4. The highest BCUT2D eigenvalue weighted by Gasteiger charge is 2.34. The van der Waals surface area contributed by atoms with Gasteiger partial charge in [-0.1, -0.05) is 26.0 Å². The van der Waals surface area contributed by atoms with Gasteiger partial charge in [-0.3, -0.25) is 24.1 Å². The Hall–Kier alpha value is -2.70. The van der Waals surface area contributed by atoms with Crippen molar-refractivity contribution in [3.8, 4) is 0 Å². The van der Waals surface area contributed by atoms with Crippen molar-refractivity contribution in [1.82, 2.24) is 15.1 Å². The lowest BCUT2D eigenvalue weighted by Gasteiger charge is -2.33. The van der Waals surface area contributed by atoms with Crippen molar-refractivity contribution in [1.29, 1.82) is 0 Å². The fraction of sp³-hybridized carbons (Fsp3) is 0.524. The summed E-state index contributed by atoms with van der Waals surface area (Å²) in [5, 5.41) is 3.01. The summed E-state index contributed by atoms with van der Waals surface area (Å²) in [6.07, 6.45) is 2.20. The van der Waals surface area contributed by atoms with Gasteiger partial charge in [-0.05, 0) is 31.4 Å². The summed E-state index contributed by atoms with van der Waals surface area (Å²) in [4.78, 5) is 51.9. The van der Waals surface area contributed by atoms with Gasteiger partial charge in [-0.2, -0.15) is 0 Å². The van der Waals surface area contributed by atoms with Crippen molar-refractivity contribution in [2.45, 2.75) is 45.6 Å². The van der Waals surface area contributed by atoms with Gasteiger partial charge in [-0.15, -0.1) is 0 Å². The van der Waals surface area contributed by atoms with Gasteiger partial charge < -0.3 is 10.2 Å². The van der Waals surface area contributed by atoms with E-state index in [0.29, 0.717) is 30.6 Å². The van der Waals surface area contributed by atoms with Gasteiger partial charge in [0.2, 0.25) is 11.8 Å². The monoisotopic (exact) mass is 385 g/mol. The number of fused-ring (bicyclic) bond motifs is 1. The number of imide groups is 1. The van der Waals surface area contributed by atoms with E-state index in [0.717, 1.165) is 12.8 Å². The standard InChI is InChI=1S/C21H27N3O4/c1-14(2)19(26)23-12-9-15(10-13-23)22-18(25)8-5-11-24-20(27)16-6-3-4-7-17(16)21(24)28/h3-4,6-7,14-15H,5,8-13H2,1-2H3,(H,22,25). The van der Waals surface area contributed by atoms with Crippen molar-refractivity contribution in [2.24, 2.45) is 5.92 Å². The van der Waals surface area contributed by atoms with Crippen molar-refractivity contribution >= 4 is 23.6 Å². The summed E-state index contributed by atoms with van der Waals surface area (Å²) in [5.74, 6) is -0.504. The molecule has 1 aromatic rings. The summed E-state index contributed by atoms with van der Waals surface area (Å²) < 4.78 is 0. The zero-order valence-corrected chi connectivity index (χ0v) is 16.4. The van der Waals surface area contributed by atoms with E-state index in [9.17, 15) is 19.2 Å². The topological polar surface area (TPSA) is 86.8 Å². The maximum atomic E-state index is 12.3. The van der Waals surface area contributed by atoms with Crippen LogP contribution >= 0.6 is 0 Å². The molecule has 0 unspecified atom stereocenters. The maximum absolute atomic E-state index is 12.3. The minimum Gasteiger partial charge on any atom is -0.353 e. The van der Waals surface area contributed by atoms with Crippen molar-refractivity contribution < 1.29 is 19.2 Å². The van der Waals surface area contributed by atoms with Gasteiger partial charge in [0.15, 0.2) is 0 Å². The number of nitrogens with one attached hydrogen (secondary N) is 1. The number of rotatable bonds is 6. The van der Waals surface area contributed by atoms with Crippen LogP contribution < -0.4 is 5.32 Å². The van der Waals surface area contributed by atoms with Gasteiger partial charge in [0.05, 0.1) is 11.1 Å². The molecule has 1 fully saturated rings. The molecule has 7 nitrogen and oxygen atoms in total. The molecule has 4 amide bonds. The molecule has 3 rings (SSSR count). The third-order valence-electron chi connectivity index (χ3n) is 5.33. The molecular formula is C21H27N3O4. The van der Waals surface area contributed by atoms with E-state index in [1.165, 1.54) is 4.90 Å². The lowest BCUT2D eigenvalue weighted by molar-refractivity contribution is -0.135. The van der Waals surface area contributed by atoms with Crippen molar-refractivity contribution in [3.05, 3.63) is 35.4 Å². The molecule has 1 saturated heterocycles. The summed E-state index contributed by atoms with van der Waals surface area (Å²) in [6.45, 7) is 5.35. The van der Waals surface area contributed by atoms with Crippen molar-refractivity contribution in [2.75, 3.05) is 19.6 Å². The molecule has 7 heteroatoms. The summed E-state index contributed by atoms with van der Waals surface area (Å²) >= 11 is 0. The number of carbonyl (C=O) groups excluding carboxylic acids is 4. The molecule has 28 heavy (non-hydrogen) atoms. The quantitative estimate of drug-likeness (QED) is 0.757. The van der Waals surface area contributed by atoms with Crippen LogP contribution in [0.1, 0.15) is 60.2 Å². The largest absolute Gasteiger partial charge is 0.353 e. The van der Waals surface area contributed by atoms with Gasteiger partial charge in [-0.25, -0.2) is 0 Å². The predicted molar refractivity (Wildman–Crippen MR) is 104 cm³/mol.